The Morgan fingerprint density at radius 3 is 2.40 bits per heavy atom. The first-order valence-corrected chi connectivity index (χ1v) is 18.2. The summed E-state index contributed by atoms with van der Waals surface area (Å²) in [5.41, 5.74) is -0.895. The van der Waals surface area contributed by atoms with Crippen LogP contribution in [0.2, 0.25) is 0 Å². The van der Waals surface area contributed by atoms with Crippen molar-refractivity contribution < 1.29 is 43.8 Å². The van der Waals surface area contributed by atoms with Crippen molar-refractivity contribution in [3.05, 3.63) is 63.1 Å². The normalized spacial score (nSPS) is 21.4. The van der Waals surface area contributed by atoms with Gasteiger partial charge in [0.2, 0.25) is 5.91 Å². The zero-order valence-corrected chi connectivity index (χ0v) is 28.5. The minimum atomic E-state index is -1.63. The molecule has 5 rings (SSSR count). The number of piperazine rings is 1. The number of thioether (sulfide) groups is 3. The van der Waals surface area contributed by atoms with Gasteiger partial charge >= 0.3 is 29.8 Å². The highest BCUT2D eigenvalue weighted by Crippen LogP contribution is 2.51. The molecule has 0 aliphatic carbocycles. The number of hydrogen-bond donors (Lipinski definition) is 5. The smallest absolute Gasteiger partial charge is 0.352 e. The van der Waals surface area contributed by atoms with Crippen LogP contribution in [0.1, 0.15) is 28.9 Å². The minimum absolute atomic E-state index is 0.0202. The average molecular weight is 737 g/mol. The largest absolute Gasteiger partial charge is 0.477 e. The molecule has 254 valence electrons. The van der Waals surface area contributed by atoms with Crippen molar-refractivity contribution in [1.82, 2.24) is 29.7 Å². The number of H-pyrrole nitrogens is 1. The fraction of sp³-hybridized carbons (Fsp3) is 0.357. The predicted molar refractivity (Wildman–Crippen MR) is 176 cm³/mol. The zero-order valence-electron chi connectivity index (χ0n) is 25.2. The van der Waals surface area contributed by atoms with Crippen LogP contribution in [0.15, 0.2) is 50.6 Å². The summed E-state index contributed by atoms with van der Waals surface area (Å²) in [6.45, 7) is 2.03. The number of aromatic amines is 1. The van der Waals surface area contributed by atoms with E-state index in [4.69, 9.17) is 0 Å². The van der Waals surface area contributed by atoms with Gasteiger partial charge in [-0.2, -0.15) is 0 Å². The average Bonchev–Trinajstić information content (AvgIpc) is 3.45. The van der Waals surface area contributed by atoms with Crippen LogP contribution in [-0.4, -0.2) is 119 Å². The maximum atomic E-state index is 13.9. The number of nitrogens with zero attached hydrogens (tertiary/aromatic N) is 3. The van der Waals surface area contributed by atoms with Crippen molar-refractivity contribution in [2.24, 2.45) is 0 Å². The number of carbonyl (C=O) groups excluding carboxylic acids is 5. The maximum absolute atomic E-state index is 13.9. The van der Waals surface area contributed by atoms with Gasteiger partial charge in [0, 0.05) is 31.1 Å². The van der Waals surface area contributed by atoms with E-state index in [1.165, 1.54) is 16.7 Å². The van der Waals surface area contributed by atoms with Gasteiger partial charge in [-0.3, -0.25) is 38.1 Å². The second kappa shape index (κ2) is 14.1. The van der Waals surface area contributed by atoms with Crippen LogP contribution in [0.3, 0.4) is 0 Å². The molecule has 6 amide bonds. The Labute approximate surface area is 288 Å². The highest BCUT2D eigenvalue weighted by atomic mass is 32.2. The number of carboxylic acids is 2. The number of nitrogens with one attached hydrogen (secondary N) is 3. The molecular weight excluding hydrogens is 709 g/mol. The molecule has 0 spiro atoms. The maximum Gasteiger partial charge on any atom is 0.352 e. The van der Waals surface area contributed by atoms with Gasteiger partial charge in [0.05, 0.1) is 4.21 Å². The molecule has 1 aromatic heterocycles. The van der Waals surface area contributed by atoms with Crippen LogP contribution in [0.5, 0.6) is 0 Å². The van der Waals surface area contributed by atoms with Crippen LogP contribution in [0.25, 0.3) is 0 Å². The Hall–Kier alpha value is -4.27. The van der Waals surface area contributed by atoms with Gasteiger partial charge in [0.15, 0.2) is 10.4 Å². The molecule has 0 radical (unpaired) electrons. The lowest BCUT2D eigenvalue weighted by molar-refractivity contribution is -0.153. The summed E-state index contributed by atoms with van der Waals surface area (Å²) in [7, 11) is 0. The van der Waals surface area contributed by atoms with Crippen molar-refractivity contribution in [2.45, 2.75) is 27.4 Å². The van der Waals surface area contributed by atoms with E-state index in [1.807, 2.05) is 0 Å². The molecule has 20 heteroatoms. The molecule has 3 aliphatic heterocycles. The Kier molecular flexibility index (Phi) is 10.3. The zero-order chi connectivity index (χ0) is 34.9. The van der Waals surface area contributed by atoms with Gasteiger partial charge in [-0.25, -0.2) is 14.4 Å². The number of imide groups is 1. The number of hydrogen-bond acceptors (Lipinski definition) is 12. The number of β-lactam (4-membered cyclic amide) rings is 1. The van der Waals surface area contributed by atoms with Gasteiger partial charge in [0.1, 0.15) is 17.1 Å². The fourth-order valence-electron chi connectivity index (χ4n) is 5.35. The van der Waals surface area contributed by atoms with Gasteiger partial charge < -0.3 is 25.7 Å². The van der Waals surface area contributed by atoms with Crippen LogP contribution in [0, 0.1) is 0 Å². The molecule has 2 fully saturated rings. The number of likely N-dealkylation sites (N-methyl/N-ethyl adjacent to an activating group) is 1. The van der Waals surface area contributed by atoms with Gasteiger partial charge in [0.25, 0.3) is 11.5 Å². The molecule has 1 unspecified atom stereocenters. The number of rotatable bonds is 11. The number of benzene rings is 1. The monoisotopic (exact) mass is 736 g/mol. The Balaban J connectivity index is 1.37. The van der Waals surface area contributed by atoms with Crippen molar-refractivity contribution in [2.75, 3.05) is 37.4 Å². The second-order valence-electron chi connectivity index (χ2n) is 10.4. The first kappa shape index (κ1) is 35.0. The Bertz CT molecular complexity index is 1800. The van der Waals surface area contributed by atoms with Gasteiger partial charge in [-0.1, -0.05) is 41.9 Å². The molecule has 0 bridgehead atoms. The van der Waals surface area contributed by atoms with Crippen LogP contribution in [0.4, 0.5) is 4.79 Å². The topological polar surface area (TPSA) is 227 Å². The molecule has 0 saturated carbocycles. The summed E-state index contributed by atoms with van der Waals surface area (Å²) in [5.74, 6) is -6.15. The summed E-state index contributed by atoms with van der Waals surface area (Å²) in [5, 5.41) is 23.9. The van der Waals surface area contributed by atoms with Crippen LogP contribution in [-0.2, 0) is 24.0 Å². The third-order valence-corrected chi connectivity index (χ3v) is 12.7. The molecular formula is C28H28N6O10S4. The number of aromatic carboxylic acids is 1. The van der Waals surface area contributed by atoms with E-state index in [0.29, 0.717) is 11.1 Å². The molecule has 48 heavy (non-hydrogen) atoms. The molecule has 4 heterocycles. The fourth-order valence-corrected chi connectivity index (χ4v) is 10.1. The number of urea groups is 1. The van der Waals surface area contributed by atoms with Crippen molar-refractivity contribution in [1.29, 1.82) is 0 Å². The molecule has 1 aromatic carbocycles. The molecule has 2 aromatic rings. The van der Waals surface area contributed by atoms with Gasteiger partial charge in [-0.05, 0) is 24.3 Å². The summed E-state index contributed by atoms with van der Waals surface area (Å²) in [6.07, 6.45) is 1.57. The molecule has 3 atom stereocenters. The standard InChI is InChI=1S/C28H28N6O10S4/c1-3-32-9-10-33(21(38)20(32)37)27(44)29-16(13-7-5-4-6-8-13)19(36)30-28(45-2)25(43)34-17(23(41)42)14(12-47-26(28)34)11-46-24-15(22(39)40)18(35)31-48-24/h4-8,16,26H,3,9-12H2,1-2H3,(H,29,44)(H,30,36)(H,31,35)(H,39,40)(H,41,42)/t16?,26-,28+/m1/s1. The first-order chi connectivity index (χ1) is 22.9. The SMILES string of the molecule is CCN1CCN(C(=O)NC(C(=O)N[C@]2(SC)C(=O)N3C(C(=O)O)=C(CSc4s[nH]c(=O)c4C(=O)O)CS[C@@H]32)c2ccccc2)C(=O)C1=O. The Morgan fingerprint density at radius 2 is 1.77 bits per heavy atom. The summed E-state index contributed by atoms with van der Waals surface area (Å²) < 4.78 is 2.50. The van der Waals surface area contributed by atoms with E-state index < -0.39 is 69.0 Å². The predicted octanol–water partition coefficient (Wildman–Crippen LogP) is 0.798. The third-order valence-electron chi connectivity index (χ3n) is 7.80. The quantitative estimate of drug-likeness (QED) is 0.0933. The molecule has 3 aliphatic rings. The minimum Gasteiger partial charge on any atom is -0.477 e. The molecule has 2 saturated heterocycles. The van der Waals surface area contributed by atoms with Crippen LogP contribution < -0.4 is 16.2 Å². The lowest BCUT2D eigenvalue weighted by Crippen LogP contribution is -2.78. The van der Waals surface area contributed by atoms with E-state index in [0.717, 1.165) is 44.9 Å². The highest BCUT2D eigenvalue weighted by Gasteiger charge is 2.65. The number of aliphatic carboxylic acids is 1. The third kappa shape index (κ3) is 6.19. The van der Waals surface area contributed by atoms with E-state index >= 15 is 0 Å². The number of carboxylic acid groups (broad SMARTS) is 2. The van der Waals surface area contributed by atoms with E-state index in [1.54, 1.807) is 43.5 Å². The van der Waals surface area contributed by atoms with Crippen molar-refractivity contribution >= 4 is 88.4 Å². The summed E-state index contributed by atoms with van der Waals surface area (Å²) in [4.78, 5) is 103. The number of amides is 6. The second-order valence-corrected chi connectivity index (χ2v) is 14.6. The van der Waals surface area contributed by atoms with Crippen molar-refractivity contribution in [3.63, 3.8) is 0 Å². The van der Waals surface area contributed by atoms with E-state index in [2.05, 4.69) is 15.0 Å². The van der Waals surface area contributed by atoms with E-state index in [-0.39, 0.29) is 41.0 Å². The lowest BCUT2D eigenvalue weighted by atomic mass is 10.00. The lowest BCUT2D eigenvalue weighted by Gasteiger charge is -2.56. The van der Waals surface area contributed by atoms with Gasteiger partial charge in [-0.15, -0.1) is 35.3 Å². The highest BCUT2D eigenvalue weighted by molar-refractivity contribution is 8.05. The summed E-state index contributed by atoms with van der Waals surface area (Å²) in [6, 6.07) is 5.70. The number of carbonyl (C=O) groups is 7. The molecule has 5 N–H and O–H groups in total. The number of aromatic nitrogens is 1. The first-order valence-electron chi connectivity index (χ1n) is 14.2. The number of fused-ring (bicyclic) bond motifs is 1. The summed E-state index contributed by atoms with van der Waals surface area (Å²) >= 11 is 3.94. The Morgan fingerprint density at radius 1 is 1.06 bits per heavy atom. The van der Waals surface area contributed by atoms with Crippen molar-refractivity contribution in [3.8, 4) is 0 Å². The van der Waals surface area contributed by atoms with E-state index in [9.17, 15) is 48.6 Å². The molecule has 16 nitrogen and oxygen atoms in total. The van der Waals surface area contributed by atoms with Crippen LogP contribution >= 0.6 is 46.8 Å².